The average Bonchev–Trinajstić information content (AvgIpc) is 3.01. The number of carbonyl (C=O) groups excluding carboxylic acids is 2. The number of methoxy groups -OCH3 is 1. The fraction of sp³-hybridized carbons (Fsp3) is 0.273. The van der Waals surface area contributed by atoms with Crippen LogP contribution in [-0.2, 0) is 16.0 Å². The van der Waals surface area contributed by atoms with Crippen LogP contribution in [0.5, 0.6) is 0 Å². The Labute approximate surface area is 169 Å². The Balaban J connectivity index is 1.77. The Hall–Kier alpha value is -3.48. The number of hydrogen-bond acceptors (Lipinski definition) is 5. The van der Waals surface area contributed by atoms with Gasteiger partial charge in [0.2, 0.25) is 0 Å². The first-order chi connectivity index (χ1) is 13.9. The normalized spacial score (nSPS) is 10.6. The third-order valence-electron chi connectivity index (χ3n) is 4.91. The van der Waals surface area contributed by atoms with Crippen molar-refractivity contribution in [3.8, 4) is 5.69 Å². The maximum atomic E-state index is 12.5. The standard InChI is InChI=1S/C22H24N4O3/c1-14-11-12-23-13-20(14)24-22(28)17-5-7-18(8-6-17)26-16(3)19(15(2)25-26)9-10-21(27)29-4/h5-8,11-13H,9-10H2,1-4H3,(H,24,28). The van der Waals surface area contributed by atoms with Crippen LogP contribution in [0.2, 0.25) is 0 Å². The fourth-order valence-corrected chi connectivity index (χ4v) is 3.16. The van der Waals surface area contributed by atoms with E-state index in [1.807, 2.05) is 43.7 Å². The number of carbonyl (C=O) groups is 2. The Bertz CT molecular complexity index is 1040. The highest BCUT2D eigenvalue weighted by atomic mass is 16.5. The van der Waals surface area contributed by atoms with Crippen molar-refractivity contribution in [2.75, 3.05) is 12.4 Å². The molecule has 0 saturated carbocycles. The Morgan fingerprint density at radius 3 is 2.48 bits per heavy atom. The van der Waals surface area contributed by atoms with E-state index < -0.39 is 0 Å². The molecule has 1 amide bonds. The summed E-state index contributed by atoms with van der Waals surface area (Å²) in [6.45, 7) is 5.81. The van der Waals surface area contributed by atoms with Crippen LogP contribution in [0, 0.1) is 20.8 Å². The minimum Gasteiger partial charge on any atom is -0.469 e. The van der Waals surface area contributed by atoms with E-state index in [9.17, 15) is 9.59 Å². The molecule has 0 atom stereocenters. The molecule has 0 fully saturated rings. The highest BCUT2D eigenvalue weighted by Gasteiger charge is 2.15. The van der Waals surface area contributed by atoms with E-state index in [0.29, 0.717) is 24.1 Å². The molecule has 0 unspecified atom stereocenters. The maximum absolute atomic E-state index is 12.5. The molecular weight excluding hydrogens is 368 g/mol. The molecule has 3 aromatic rings. The summed E-state index contributed by atoms with van der Waals surface area (Å²) in [7, 11) is 1.39. The van der Waals surface area contributed by atoms with Gasteiger partial charge >= 0.3 is 5.97 Å². The number of aromatic nitrogens is 3. The number of rotatable bonds is 6. The van der Waals surface area contributed by atoms with Gasteiger partial charge in [0.25, 0.3) is 5.91 Å². The first-order valence-electron chi connectivity index (χ1n) is 9.35. The van der Waals surface area contributed by atoms with Gasteiger partial charge in [-0.2, -0.15) is 5.10 Å². The van der Waals surface area contributed by atoms with Gasteiger partial charge in [-0.3, -0.25) is 14.6 Å². The van der Waals surface area contributed by atoms with Gasteiger partial charge in [0.15, 0.2) is 0 Å². The zero-order valence-corrected chi connectivity index (χ0v) is 17.0. The van der Waals surface area contributed by atoms with Crippen LogP contribution in [0.25, 0.3) is 5.69 Å². The molecular formula is C22H24N4O3. The van der Waals surface area contributed by atoms with E-state index in [1.54, 1.807) is 24.5 Å². The van der Waals surface area contributed by atoms with Crippen molar-refractivity contribution in [1.29, 1.82) is 0 Å². The zero-order chi connectivity index (χ0) is 21.0. The van der Waals surface area contributed by atoms with Crippen LogP contribution in [0.4, 0.5) is 5.69 Å². The lowest BCUT2D eigenvalue weighted by Crippen LogP contribution is -2.13. The van der Waals surface area contributed by atoms with Gasteiger partial charge in [0.05, 0.1) is 30.4 Å². The molecule has 2 aromatic heterocycles. The number of nitrogens with one attached hydrogen (secondary N) is 1. The number of esters is 1. The zero-order valence-electron chi connectivity index (χ0n) is 17.0. The van der Waals surface area contributed by atoms with Crippen LogP contribution in [0.15, 0.2) is 42.7 Å². The van der Waals surface area contributed by atoms with Crippen LogP contribution < -0.4 is 5.32 Å². The Morgan fingerprint density at radius 2 is 1.83 bits per heavy atom. The second-order valence-corrected chi connectivity index (χ2v) is 6.83. The van der Waals surface area contributed by atoms with Gasteiger partial charge < -0.3 is 10.1 Å². The topological polar surface area (TPSA) is 86.1 Å². The molecule has 3 rings (SSSR count). The summed E-state index contributed by atoms with van der Waals surface area (Å²) in [5, 5.41) is 7.47. The lowest BCUT2D eigenvalue weighted by atomic mass is 10.1. The van der Waals surface area contributed by atoms with Gasteiger partial charge in [-0.25, -0.2) is 4.68 Å². The van der Waals surface area contributed by atoms with Crippen LogP contribution >= 0.6 is 0 Å². The van der Waals surface area contributed by atoms with Crippen molar-refractivity contribution in [2.24, 2.45) is 0 Å². The highest BCUT2D eigenvalue weighted by Crippen LogP contribution is 2.20. The van der Waals surface area contributed by atoms with E-state index in [-0.39, 0.29) is 11.9 Å². The van der Waals surface area contributed by atoms with Crippen molar-refractivity contribution >= 4 is 17.6 Å². The molecule has 2 heterocycles. The summed E-state index contributed by atoms with van der Waals surface area (Å²) in [5.41, 5.74) is 5.91. The number of nitrogens with zero attached hydrogens (tertiary/aromatic N) is 3. The average molecular weight is 392 g/mol. The number of hydrogen-bond donors (Lipinski definition) is 1. The predicted octanol–water partition coefficient (Wildman–Crippen LogP) is 3.55. The van der Waals surface area contributed by atoms with E-state index in [1.165, 1.54) is 7.11 Å². The van der Waals surface area contributed by atoms with E-state index in [2.05, 4.69) is 15.4 Å². The monoisotopic (exact) mass is 392 g/mol. The largest absolute Gasteiger partial charge is 0.469 e. The SMILES string of the molecule is COC(=O)CCc1c(C)nn(-c2ccc(C(=O)Nc3cnccc3C)cc2)c1C. The van der Waals surface area contributed by atoms with E-state index >= 15 is 0 Å². The first-order valence-corrected chi connectivity index (χ1v) is 9.35. The molecule has 0 radical (unpaired) electrons. The molecule has 29 heavy (non-hydrogen) atoms. The summed E-state index contributed by atoms with van der Waals surface area (Å²) < 4.78 is 6.55. The third-order valence-corrected chi connectivity index (χ3v) is 4.91. The van der Waals surface area contributed by atoms with Gasteiger partial charge in [-0.15, -0.1) is 0 Å². The number of aryl methyl sites for hydroxylation is 2. The molecule has 0 aliphatic carbocycles. The maximum Gasteiger partial charge on any atom is 0.305 e. The van der Waals surface area contributed by atoms with E-state index in [4.69, 9.17) is 4.74 Å². The Morgan fingerprint density at radius 1 is 1.10 bits per heavy atom. The fourth-order valence-electron chi connectivity index (χ4n) is 3.16. The molecule has 0 bridgehead atoms. The summed E-state index contributed by atoms with van der Waals surface area (Å²) in [5.74, 6) is -0.435. The lowest BCUT2D eigenvalue weighted by Gasteiger charge is -2.09. The molecule has 0 aliphatic rings. The minimum atomic E-state index is -0.240. The highest BCUT2D eigenvalue weighted by molar-refractivity contribution is 6.04. The van der Waals surface area contributed by atoms with Crippen molar-refractivity contribution in [2.45, 2.75) is 33.6 Å². The molecule has 0 aliphatic heterocycles. The lowest BCUT2D eigenvalue weighted by molar-refractivity contribution is -0.140. The quantitative estimate of drug-likeness (QED) is 0.649. The Kier molecular flexibility index (Phi) is 6.07. The second-order valence-electron chi connectivity index (χ2n) is 6.83. The summed E-state index contributed by atoms with van der Waals surface area (Å²) >= 11 is 0. The minimum absolute atomic E-state index is 0.195. The van der Waals surface area contributed by atoms with Crippen LogP contribution in [0.1, 0.15) is 39.3 Å². The molecule has 0 saturated heterocycles. The van der Waals surface area contributed by atoms with Crippen molar-refractivity contribution in [1.82, 2.24) is 14.8 Å². The first kappa shape index (κ1) is 20.3. The molecule has 0 spiro atoms. The van der Waals surface area contributed by atoms with Crippen LogP contribution in [0.3, 0.4) is 0 Å². The van der Waals surface area contributed by atoms with Crippen molar-refractivity contribution < 1.29 is 14.3 Å². The molecule has 7 heteroatoms. The number of ether oxygens (including phenoxy) is 1. The van der Waals surface area contributed by atoms with E-state index in [0.717, 1.165) is 28.2 Å². The smallest absolute Gasteiger partial charge is 0.305 e. The van der Waals surface area contributed by atoms with Gasteiger partial charge in [0.1, 0.15) is 0 Å². The predicted molar refractivity (Wildman–Crippen MR) is 110 cm³/mol. The van der Waals surface area contributed by atoms with Gasteiger partial charge in [0, 0.05) is 23.9 Å². The number of pyridine rings is 1. The summed E-state index contributed by atoms with van der Waals surface area (Å²) in [6.07, 6.45) is 4.22. The second kappa shape index (κ2) is 8.68. The number of anilines is 1. The number of amides is 1. The van der Waals surface area contributed by atoms with Gasteiger partial charge in [-0.05, 0) is 68.7 Å². The summed E-state index contributed by atoms with van der Waals surface area (Å²) in [4.78, 5) is 28.0. The molecule has 150 valence electrons. The van der Waals surface area contributed by atoms with Gasteiger partial charge in [-0.1, -0.05) is 0 Å². The number of benzene rings is 1. The molecule has 1 N–H and O–H groups in total. The molecule has 7 nitrogen and oxygen atoms in total. The van der Waals surface area contributed by atoms with Crippen molar-refractivity contribution in [3.63, 3.8) is 0 Å². The molecule has 1 aromatic carbocycles. The van der Waals surface area contributed by atoms with Crippen molar-refractivity contribution in [3.05, 3.63) is 70.8 Å². The van der Waals surface area contributed by atoms with Crippen LogP contribution in [-0.4, -0.2) is 33.8 Å². The third kappa shape index (κ3) is 4.51. The summed E-state index contributed by atoms with van der Waals surface area (Å²) in [6, 6.07) is 9.09.